The van der Waals surface area contributed by atoms with Gasteiger partial charge in [-0.2, -0.15) is 0 Å². The number of aryl methyl sites for hydroxylation is 1. The van der Waals surface area contributed by atoms with Crippen molar-refractivity contribution in [2.75, 3.05) is 18.0 Å². The SMILES string of the molecule is Cc1cc(CCl)cc(N(CC2CC2)CC2CC2)n1. The molecule has 98 valence electrons. The molecule has 0 saturated heterocycles. The van der Waals surface area contributed by atoms with Crippen molar-refractivity contribution < 1.29 is 0 Å². The molecule has 18 heavy (non-hydrogen) atoms. The minimum absolute atomic E-state index is 0.580. The number of aromatic nitrogens is 1. The fourth-order valence-electron chi connectivity index (χ4n) is 2.45. The molecule has 3 heteroatoms. The quantitative estimate of drug-likeness (QED) is 0.728. The van der Waals surface area contributed by atoms with E-state index in [9.17, 15) is 0 Å². The Morgan fingerprint density at radius 3 is 2.28 bits per heavy atom. The molecule has 2 aliphatic carbocycles. The molecule has 0 atom stereocenters. The van der Waals surface area contributed by atoms with Crippen LogP contribution in [0.4, 0.5) is 5.82 Å². The summed E-state index contributed by atoms with van der Waals surface area (Å²) in [5, 5.41) is 0. The molecular formula is C15H21ClN2. The molecule has 0 radical (unpaired) electrons. The van der Waals surface area contributed by atoms with Gasteiger partial charge < -0.3 is 4.90 Å². The molecule has 0 amide bonds. The first-order valence-corrected chi connectivity index (χ1v) is 7.56. The molecule has 0 N–H and O–H groups in total. The van der Waals surface area contributed by atoms with Crippen LogP contribution in [0.5, 0.6) is 0 Å². The summed E-state index contributed by atoms with van der Waals surface area (Å²) >= 11 is 5.97. The molecule has 2 nitrogen and oxygen atoms in total. The molecule has 2 aliphatic rings. The third-order valence-corrected chi connectivity index (χ3v) is 4.14. The van der Waals surface area contributed by atoms with Gasteiger partial charge in [0, 0.05) is 24.7 Å². The van der Waals surface area contributed by atoms with Crippen LogP contribution in [0.1, 0.15) is 36.9 Å². The number of halogens is 1. The fraction of sp³-hybridized carbons (Fsp3) is 0.667. The molecule has 2 fully saturated rings. The zero-order chi connectivity index (χ0) is 12.5. The summed E-state index contributed by atoms with van der Waals surface area (Å²) in [5.74, 6) is 3.54. The Morgan fingerprint density at radius 2 is 1.78 bits per heavy atom. The van der Waals surface area contributed by atoms with Gasteiger partial charge in [0.25, 0.3) is 0 Å². The molecule has 0 bridgehead atoms. The van der Waals surface area contributed by atoms with Gasteiger partial charge >= 0.3 is 0 Å². The maximum atomic E-state index is 5.97. The van der Waals surface area contributed by atoms with Crippen molar-refractivity contribution in [3.05, 3.63) is 23.4 Å². The molecule has 0 aromatic carbocycles. The van der Waals surface area contributed by atoms with E-state index in [0.29, 0.717) is 5.88 Å². The minimum Gasteiger partial charge on any atom is -0.356 e. The molecule has 2 saturated carbocycles. The third-order valence-electron chi connectivity index (χ3n) is 3.83. The van der Waals surface area contributed by atoms with Crippen molar-refractivity contribution >= 4 is 17.4 Å². The summed E-state index contributed by atoms with van der Waals surface area (Å²) in [6.45, 7) is 4.44. The zero-order valence-electron chi connectivity index (χ0n) is 11.0. The maximum absolute atomic E-state index is 5.97. The number of anilines is 1. The van der Waals surface area contributed by atoms with Crippen molar-refractivity contribution in [1.82, 2.24) is 4.98 Å². The van der Waals surface area contributed by atoms with Gasteiger partial charge in [0.15, 0.2) is 0 Å². The first-order chi connectivity index (χ1) is 8.74. The molecule has 0 spiro atoms. The van der Waals surface area contributed by atoms with Crippen LogP contribution in [0.15, 0.2) is 12.1 Å². The minimum atomic E-state index is 0.580. The van der Waals surface area contributed by atoms with Crippen LogP contribution >= 0.6 is 11.6 Å². The molecule has 1 heterocycles. The van der Waals surface area contributed by atoms with Gasteiger partial charge in [0.05, 0.1) is 0 Å². The first-order valence-electron chi connectivity index (χ1n) is 7.03. The van der Waals surface area contributed by atoms with Crippen LogP contribution in [-0.2, 0) is 5.88 Å². The Labute approximate surface area is 114 Å². The Morgan fingerprint density at radius 1 is 1.17 bits per heavy atom. The summed E-state index contributed by atoms with van der Waals surface area (Å²) in [5.41, 5.74) is 2.27. The van der Waals surface area contributed by atoms with E-state index in [1.165, 1.54) is 44.3 Å². The average molecular weight is 265 g/mol. The summed E-state index contributed by atoms with van der Waals surface area (Å²) in [6, 6.07) is 4.26. The predicted octanol–water partition coefficient (Wildman–Crippen LogP) is 3.76. The van der Waals surface area contributed by atoms with Crippen LogP contribution in [0.3, 0.4) is 0 Å². The lowest BCUT2D eigenvalue weighted by Gasteiger charge is -2.24. The van der Waals surface area contributed by atoms with Crippen LogP contribution in [-0.4, -0.2) is 18.1 Å². The lowest BCUT2D eigenvalue weighted by Crippen LogP contribution is -2.29. The molecule has 0 aliphatic heterocycles. The van der Waals surface area contributed by atoms with E-state index in [2.05, 4.69) is 24.0 Å². The normalized spacial score (nSPS) is 19.0. The number of hydrogen-bond donors (Lipinski definition) is 0. The second-order valence-electron chi connectivity index (χ2n) is 5.90. The lowest BCUT2D eigenvalue weighted by atomic mass is 10.2. The van der Waals surface area contributed by atoms with Crippen molar-refractivity contribution in [2.24, 2.45) is 11.8 Å². The Kier molecular flexibility index (Phi) is 3.47. The van der Waals surface area contributed by atoms with Crippen LogP contribution in [0, 0.1) is 18.8 Å². The number of rotatable bonds is 6. The summed E-state index contributed by atoms with van der Waals surface area (Å²) in [6.07, 6.45) is 5.59. The van der Waals surface area contributed by atoms with E-state index in [4.69, 9.17) is 16.6 Å². The van der Waals surface area contributed by atoms with Crippen LogP contribution in [0.2, 0.25) is 0 Å². The summed E-state index contributed by atoms with van der Waals surface area (Å²) < 4.78 is 0. The van der Waals surface area contributed by atoms with Gasteiger partial charge in [-0.25, -0.2) is 4.98 Å². The monoisotopic (exact) mass is 264 g/mol. The van der Waals surface area contributed by atoms with Crippen LogP contribution < -0.4 is 4.90 Å². The Balaban J connectivity index is 1.79. The van der Waals surface area contributed by atoms with Gasteiger partial charge in [-0.1, -0.05) is 0 Å². The van der Waals surface area contributed by atoms with Gasteiger partial charge in [-0.05, 0) is 62.1 Å². The largest absolute Gasteiger partial charge is 0.356 e. The molecule has 1 aromatic rings. The van der Waals surface area contributed by atoms with E-state index in [1.807, 2.05) is 0 Å². The maximum Gasteiger partial charge on any atom is 0.129 e. The van der Waals surface area contributed by atoms with E-state index in [0.717, 1.165) is 23.3 Å². The smallest absolute Gasteiger partial charge is 0.129 e. The van der Waals surface area contributed by atoms with Crippen molar-refractivity contribution in [1.29, 1.82) is 0 Å². The predicted molar refractivity (Wildman–Crippen MR) is 76.2 cm³/mol. The van der Waals surface area contributed by atoms with E-state index in [-0.39, 0.29) is 0 Å². The molecule has 1 aromatic heterocycles. The lowest BCUT2D eigenvalue weighted by molar-refractivity contribution is 0.670. The fourth-order valence-corrected chi connectivity index (χ4v) is 2.60. The highest BCUT2D eigenvalue weighted by Crippen LogP contribution is 2.35. The van der Waals surface area contributed by atoms with Crippen molar-refractivity contribution in [3.8, 4) is 0 Å². The van der Waals surface area contributed by atoms with E-state index < -0.39 is 0 Å². The number of nitrogens with zero attached hydrogens (tertiary/aromatic N) is 2. The topological polar surface area (TPSA) is 16.1 Å². The highest BCUT2D eigenvalue weighted by molar-refractivity contribution is 6.17. The summed E-state index contributed by atoms with van der Waals surface area (Å²) in [7, 11) is 0. The van der Waals surface area contributed by atoms with Crippen LogP contribution in [0.25, 0.3) is 0 Å². The third kappa shape index (κ3) is 3.17. The number of hydrogen-bond acceptors (Lipinski definition) is 2. The second-order valence-corrected chi connectivity index (χ2v) is 6.17. The van der Waals surface area contributed by atoms with Gasteiger partial charge in [-0.15, -0.1) is 11.6 Å². The summed E-state index contributed by atoms with van der Waals surface area (Å²) in [4.78, 5) is 7.21. The number of alkyl halides is 1. The second kappa shape index (κ2) is 5.08. The van der Waals surface area contributed by atoms with Crippen molar-refractivity contribution in [3.63, 3.8) is 0 Å². The average Bonchev–Trinajstić information content (AvgIpc) is 3.22. The van der Waals surface area contributed by atoms with Crippen molar-refractivity contribution in [2.45, 2.75) is 38.5 Å². The van der Waals surface area contributed by atoms with Gasteiger partial charge in [0.2, 0.25) is 0 Å². The Hall–Kier alpha value is -0.760. The van der Waals surface area contributed by atoms with E-state index in [1.54, 1.807) is 0 Å². The highest BCUT2D eigenvalue weighted by Gasteiger charge is 2.29. The van der Waals surface area contributed by atoms with E-state index >= 15 is 0 Å². The highest BCUT2D eigenvalue weighted by atomic mass is 35.5. The molecule has 0 unspecified atom stereocenters. The number of pyridine rings is 1. The standard InChI is InChI=1S/C15H21ClN2/c1-11-6-14(8-16)7-15(17-11)18(9-12-2-3-12)10-13-4-5-13/h6-7,12-13H,2-5,8-10H2,1H3. The first kappa shape index (κ1) is 12.3. The zero-order valence-corrected chi connectivity index (χ0v) is 11.8. The van der Waals surface area contributed by atoms with Gasteiger partial charge in [-0.3, -0.25) is 0 Å². The Bertz CT molecular complexity index is 411. The van der Waals surface area contributed by atoms with Gasteiger partial charge in [0.1, 0.15) is 5.82 Å². The molecule has 3 rings (SSSR count). The molecular weight excluding hydrogens is 244 g/mol.